The first kappa shape index (κ1) is 14.5. The molecule has 1 aromatic carbocycles. The van der Waals surface area contributed by atoms with Crippen LogP contribution in [0.4, 0.5) is 0 Å². The van der Waals surface area contributed by atoms with E-state index in [0.717, 1.165) is 0 Å². The maximum atomic E-state index is 11.5. The molecule has 0 radical (unpaired) electrons. The van der Waals surface area contributed by atoms with E-state index in [1.165, 1.54) is 6.92 Å². The number of carbonyl (C=O) groups is 2. The van der Waals surface area contributed by atoms with Gasteiger partial charge < -0.3 is 20.4 Å². The minimum atomic E-state index is -0.831. The minimum absolute atomic E-state index is 0.0258. The standard InChI is InChI=1S/C15H19NO4/c1-8(17)6-11-10-7-9(14(16)19)4-5-12(10)20-15(2,3)13(11)18/h4-5,7,11,13,18H,6H2,1-3H3,(H2,16,19)/t11-,13+/m1/s1. The Balaban J connectivity index is 2.53. The van der Waals surface area contributed by atoms with Gasteiger partial charge in [0.05, 0.1) is 0 Å². The van der Waals surface area contributed by atoms with E-state index >= 15 is 0 Å². The number of Topliss-reactive ketones (excluding diaryl/α,β-unsaturated/α-hetero) is 1. The summed E-state index contributed by atoms with van der Waals surface area (Å²) in [4.78, 5) is 22.7. The third kappa shape index (κ3) is 2.54. The van der Waals surface area contributed by atoms with Gasteiger partial charge in [0.25, 0.3) is 0 Å². The molecule has 5 heteroatoms. The van der Waals surface area contributed by atoms with Crippen LogP contribution in [0.3, 0.4) is 0 Å². The van der Waals surface area contributed by atoms with Gasteiger partial charge in [-0.1, -0.05) is 0 Å². The second-order valence-electron chi connectivity index (χ2n) is 5.78. The van der Waals surface area contributed by atoms with Gasteiger partial charge in [-0.3, -0.25) is 4.79 Å². The molecule has 0 unspecified atom stereocenters. The molecule has 1 heterocycles. The molecule has 1 aliphatic heterocycles. The van der Waals surface area contributed by atoms with Crippen molar-refractivity contribution in [2.45, 2.75) is 44.8 Å². The van der Waals surface area contributed by atoms with Crippen LogP contribution < -0.4 is 10.5 Å². The second-order valence-corrected chi connectivity index (χ2v) is 5.78. The lowest BCUT2D eigenvalue weighted by atomic mass is 9.78. The third-order valence-corrected chi connectivity index (χ3v) is 3.67. The number of primary amides is 1. The van der Waals surface area contributed by atoms with Crippen LogP contribution in [0.1, 0.15) is 49.0 Å². The van der Waals surface area contributed by atoms with Crippen LogP contribution in [-0.2, 0) is 4.79 Å². The number of aliphatic hydroxyl groups excluding tert-OH is 1. The van der Waals surface area contributed by atoms with E-state index in [4.69, 9.17) is 10.5 Å². The number of hydrogen-bond acceptors (Lipinski definition) is 4. The molecule has 0 saturated carbocycles. The Morgan fingerprint density at radius 1 is 1.40 bits per heavy atom. The highest BCUT2D eigenvalue weighted by molar-refractivity contribution is 5.93. The van der Waals surface area contributed by atoms with Crippen LogP contribution in [0, 0.1) is 0 Å². The van der Waals surface area contributed by atoms with E-state index < -0.39 is 23.5 Å². The zero-order chi connectivity index (χ0) is 15.1. The van der Waals surface area contributed by atoms with Crippen LogP contribution in [0.15, 0.2) is 18.2 Å². The van der Waals surface area contributed by atoms with Crippen LogP contribution >= 0.6 is 0 Å². The van der Waals surface area contributed by atoms with Crippen molar-refractivity contribution in [2.24, 2.45) is 5.73 Å². The second kappa shape index (κ2) is 4.90. The summed E-state index contributed by atoms with van der Waals surface area (Å²) in [5.74, 6) is -0.391. The van der Waals surface area contributed by atoms with Gasteiger partial charge in [-0.05, 0) is 39.0 Å². The van der Waals surface area contributed by atoms with Crippen molar-refractivity contribution in [1.29, 1.82) is 0 Å². The average molecular weight is 277 g/mol. The Morgan fingerprint density at radius 2 is 2.05 bits per heavy atom. The Morgan fingerprint density at radius 3 is 2.60 bits per heavy atom. The Bertz CT molecular complexity index is 565. The first-order valence-electron chi connectivity index (χ1n) is 6.52. The number of fused-ring (bicyclic) bond motifs is 1. The lowest BCUT2D eigenvalue weighted by Gasteiger charge is -2.42. The molecule has 20 heavy (non-hydrogen) atoms. The number of amides is 1. The Hall–Kier alpha value is -1.88. The normalized spacial score (nSPS) is 23.6. The van der Waals surface area contributed by atoms with Crippen molar-refractivity contribution < 1.29 is 19.4 Å². The maximum Gasteiger partial charge on any atom is 0.248 e. The summed E-state index contributed by atoms with van der Waals surface area (Å²) in [6.07, 6.45) is -0.634. The molecule has 108 valence electrons. The molecular weight excluding hydrogens is 258 g/mol. The SMILES string of the molecule is CC(=O)C[C@@H]1c2cc(C(N)=O)ccc2OC(C)(C)[C@H]1O. The summed E-state index contributed by atoms with van der Waals surface area (Å²) in [5, 5.41) is 10.4. The molecule has 1 aliphatic rings. The van der Waals surface area contributed by atoms with Gasteiger partial charge in [-0.15, -0.1) is 0 Å². The van der Waals surface area contributed by atoms with Gasteiger partial charge in [0, 0.05) is 23.5 Å². The van der Waals surface area contributed by atoms with Crippen LogP contribution in [0.2, 0.25) is 0 Å². The third-order valence-electron chi connectivity index (χ3n) is 3.67. The van der Waals surface area contributed by atoms with Crippen molar-refractivity contribution in [1.82, 2.24) is 0 Å². The van der Waals surface area contributed by atoms with E-state index in [1.807, 2.05) is 0 Å². The lowest BCUT2D eigenvalue weighted by Crippen LogP contribution is -2.49. The quantitative estimate of drug-likeness (QED) is 0.873. The number of benzene rings is 1. The van der Waals surface area contributed by atoms with Crippen molar-refractivity contribution >= 4 is 11.7 Å². The molecule has 3 N–H and O–H groups in total. The molecule has 1 amide bonds. The zero-order valence-corrected chi connectivity index (χ0v) is 11.8. The number of hydrogen-bond donors (Lipinski definition) is 2. The fourth-order valence-corrected chi connectivity index (χ4v) is 2.61. The molecule has 0 aromatic heterocycles. The first-order valence-corrected chi connectivity index (χ1v) is 6.52. The molecule has 0 saturated heterocycles. The number of rotatable bonds is 3. The summed E-state index contributed by atoms with van der Waals surface area (Å²) in [7, 11) is 0. The summed E-state index contributed by atoms with van der Waals surface area (Å²) >= 11 is 0. The van der Waals surface area contributed by atoms with E-state index in [9.17, 15) is 14.7 Å². The fourth-order valence-electron chi connectivity index (χ4n) is 2.61. The van der Waals surface area contributed by atoms with Crippen LogP contribution in [0.25, 0.3) is 0 Å². The topological polar surface area (TPSA) is 89.6 Å². The number of nitrogens with two attached hydrogens (primary N) is 1. The van der Waals surface area contributed by atoms with Crippen molar-refractivity contribution in [2.75, 3.05) is 0 Å². The van der Waals surface area contributed by atoms with Crippen molar-refractivity contribution in [3.8, 4) is 5.75 Å². The van der Waals surface area contributed by atoms with Crippen molar-refractivity contribution in [3.63, 3.8) is 0 Å². The number of ketones is 1. The number of carbonyl (C=O) groups excluding carboxylic acids is 2. The van der Waals surface area contributed by atoms with E-state index in [2.05, 4.69) is 0 Å². The molecule has 5 nitrogen and oxygen atoms in total. The summed E-state index contributed by atoms with van der Waals surface area (Å²) in [6, 6.07) is 4.85. The molecule has 0 spiro atoms. The van der Waals surface area contributed by atoms with Gasteiger partial charge in [0.1, 0.15) is 23.2 Å². The van der Waals surface area contributed by atoms with Gasteiger partial charge >= 0.3 is 0 Å². The summed E-state index contributed by atoms with van der Waals surface area (Å²) in [6.45, 7) is 5.03. The smallest absolute Gasteiger partial charge is 0.248 e. The fraction of sp³-hybridized carbons (Fsp3) is 0.467. The minimum Gasteiger partial charge on any atom is -0.485 e. The van der Waals surface area contributed by atoms with E-state index in [0.29, 0.717) is 16.9 Å². The zero-order valence-electron chi connectivity index (χ0n) is 11.8. The maximum absolute atomic E-state index is 11.5. The molecule has 0 aliphatic carbocycles. The Labute approximate surface area is 117 Å². The van der Waals surface area contributed by atoms with Crippen molar-refractivity contribution in [3.05, 3.63) is 29.3 Å². The highest BCUT2D eigenvalue weighted by Crippen LogP contribution is 2.43. The van der Waals surface area contributed by atoms with Gasteiger partial charge in [0.15, 0.2) is 0 Å². The van der Waals surface area contributed by atoms with E-state index in [1.54, 1.807) is 32.0 Å². The molecule has 2 rings (SSSR count). The average Bonchev–Trinajstić information content (AvgIpc) is 2.33. The molecule has 0 fully saturated rings. The molecular formula is C15H19NO4. The highest BCUT2D eigenvalue weighted by atomic mass is 16.5. The predicted molar refractivity (Wildman–Crippen MR) is 73.7 cm³/mol. The van der Waals surface area contributed by atoms with Gasteiger partial charge in [-0.25, -0.2) is 0 Å². The molecule has 1 aromatic rings. The monoisotopic (exact) mass is 277 g/mol. The molecule has 0 bridgehead atoms. The Kier molecular flexibility index (Phi) is 3.56. The lowest BCUT2D eigenvalue weighted by molar-refractivity contribution is -0.120. The van der Waals surface area contributed by atoms with Gasteiger partial charge in [0.2, 0.25) is 5.91 Å². The highest BCUT2D eigenvalue weighted by Gasteiger charge is 2.43. The molecule has 2 atom stereocenters. The van der Waals surface area contributed by atoms with E-state index in [-0.39, 0.29) is 12.2 Å². The summed E-state index contributed by atoms with van der Waals surface area (Å²) < 4.78 is 5.76. The number of aliphatic hydroxyl groups is 1. The first-order chi connectivity index (χ1) is 9.22. The predicted octanol–water partition coefficient (Wildman–Crippen LogP) is 1.38. The largest absolute Gasteiger partial charge is 0.485 e. The van der Waals surface area contributed by atoms with Crippen LogP contribution in [0.5, 0.6) is 5.75 Å². The van der Waals surface area contributed by atoms with Crippen LogP contribution in [-0.4, -0.2) is 28.5 Å². The van der Waals surface area contributed by atoms with Gasteiger partial charge in [-0.2, -0.15) is 0 Å². The summed E-state index contributed by atoms with van der Waals surface area (Å²) in [5.41, 5.74) is 5.48. The number of ether oxygens (including phenoxy) is 1.